The van der Waals surface area contributed by atoms with Gasteiger partial charge in [0.05, 0.1) is 12.2 Å². The largest absolute Gasteiger partial charge is 0.440 e. The van der Waals surface area contributed by atoms with Gasteiger partial charge in [0, 0.05) is 6.54 Å². The van der Waals surface area contributed by atoms with E-state index in [4.69, 9.17) is 10.5 Å². The summed E-state index contributed by atoms with van der Waals surface area (Å²) in [4.78, 5) is 13.4. The molecule has 0 radical (unpaired) electrons. The first-order valence-corrected chi connectivity index (χ1v) is 5.32. The number of benzene rings is 1. The molecule has 1 aromatic rings. The van der Waals surface area contributed by atoms with Crippen LogP contribution in [0.5, 0.6) is 0 Å². The van der Waals surface area contributed by atoms with Crippen molar-refractivity contribution in [1.29, 1.82) is 0 Å². The Labute approximate surface area is 95.0 Å². The summed E-state index contributed by atoms with van der Waals surface area (Å²) in [5.74, 6) is 0. The van der Waals surface area contributed by atoms with Crippen LogP contribution in [0.1, 0.15) is 12.5 Å². The van der Waals surface area contributed by atoms with Crippen molar-refractivity contribution in [3.63, 3.8) is 0 Å². The number of carbonyl (C=O) groups excluding carboxylic acids is 1. The second-order valence-corrected chi connectivity index (χ2v) is 4.39. The first kappa shape index (κ1) is 11.0. The van der Waals surface area contributed by atoms with Crippen LogP contribution in [0.4, 0.5) is 10.5 Å². The molecule has 1 aliphatic heterocycles. The highest BCUT2D eigenvalue weighted by Gasteiger charge is 2.41. The Morgan fingerprint density at radius 2 is 2.19 bits per heavy atom. The highest BCUT2D eigenvalue weighted by molar-refractivity contribution is 5.91. The molecule has 0 spiro atoms. The molecule has 0 aliphatic carbocycles. The third-order valence-corrected chi connectivity index (χ3v) is 2.88. The molecule has 2 rings (SSSR count). The van der Waals surface area contributed by atoms with Crippen LogP contribution in [0.25, 0.3) is 0 Å². The molecule has 1 atom stereocenters. The average Bonchev–Trinajstić information content (AvgIpc) is 2.56. The standard InChI is InChI=1S/C12H16N2O2/c1-9-5-3-4-6-10(9)14-8-12(2,7-13)16-11(14)15/h3-6H,7-8,13H2,1-2H3. The van der Waals surface area contributed by atoms with Crippen molar-refractivity contribution in [3.05, 3.63) is 29.8 Å². The number of cyclic esters (lactones) is 1. The summed E-state index contributed by atoms with van der Waals surface area (Å²) in [7, 11) is 0. The fourth-order valence-corrected chi connectivity index (χ4v) is 1.85. The van der Waals surface area contributed by atoms with E-state index in [2.05, 4.69) is 0 Å². The summed E-state index contributed by atoms with van der Waals surface area (Å²) in [5.41, 5.74) is 6.98. The van der Waals surface area contributed by atoms with Crippen molar-refractivity contribution in [3.8, 4) is 0 Å². The van der Waals surface area contributed by atoms with Crippen LogP contribution in [0.2, 0.25) is 0 Å². The molecular weight excluding hydrogens is 204 g/mol. The summed E-state index contributed by atoms with van der Waals surface area (Å²) in [5, 5.41) is 0. The fraction of sp³-hybridized carbons (Fsp3) is 0.417. The third-order valence-electron chi connectivity index (χ3n) is 2.88. The normalized spacial score (nSPS) is 24.7. The Bertz CT molecular complexity index is 419. The SMILES string of the molecule is Cc1ccccc1N1CC(C)(CN)OC1=O. The Morgan fingerprint density at radius 1 is 1.50 bits per heavy atom. The number of carbonyl (C=O) groups is 1. The van der Waals surface area contributed by atoms with Gasteiger partial charge in [-0.3, -0.25) is 4.90 Å². The number of ether oxygens (including phenoxy) is 1. The average molecular weight is 220 g/mol. The highest BCUT2D eigenvalue weighted by atomic mass is 16.6. The van der Waals surface area contributed by atoms with Crippen molar-refractivity contribution in [2.75, 3.05) is 18.0 Å². The van der Waals surface area contributed by atoms with Gasteiger partial charge in [-0.15, -0.1) is 0 Å². The zero-order valence-corrected chi connectivity index (χ0v) is 9.56. The van der Waals surface area contributed by atoms with Crippen molar-refractivity contribution >= 4 is 11.8 Å². The third kappa shape index (κ3) is 1.76. The van der Waals surface area contributed by atoms with Crippen LogP contribution in [0.15, 0.2) is 24.3 Å². The molecule has 0 aromatic heterocycles. The predicted octanol–water partition coefficient (Wildman–Crippen LogP) is 1.67. The molecule has 16 heavy (non-hydrogen) atoms. The van der Waals surface area contributed by atoms with E-state index in [9.17, 15) is 4.79 Å². The molecule has 4 heteroatoms. The van der Waals surface area contributed by atoms with Crippen molar-refractivity contribution < 1.29 is 9.53 Å². The summed E-state index contributed by atoms with van der Waals surface area (Å²) in [6.45, 7) is 4.66. The molecule has 1 aromatic carbocycles. The van der Waals surface area contributed by atoms with Crippen molar-refractivity contribution in [2.45, 2.75) is 19.4 Å². The number of anilines is 1. The highest BCUT2D eigenvalue weighted by Crippen LogP contribution is 2.29. The quantitative estimate of drug-likeness (QED) is 0.824. The van der Waals surface area contributed by atoms with Gasteiger partial charge in [-0.2, -0.15) is 0 Å². The maximum Gasteiger partial charge on any atom is 0.415 e. The fourth-order valence-electron chi connectivity index (χ4n) is 1.85. The van der Waals surface area contributed by atoms with Gasteiger partial charge >= 0.3 is 6.09 Å². The second-order valence-electron chi connectivity index (χ2n) is 4.39. The number of rotatable bonds is 2. The molecule has 0 saturated carbocycles. The lowest BCUT2D eigenvalue weighted by atomic mass is 10.1. The molecule has 1 unspecified atom stereocenters. The molecule has 4 nitrogen and oxygen atoms in total. The van der Waals surface area contributed by atoms with Gasteiger partial charge in [-0.1, -0.05) is 18.2 Å². The van der Waals surface area contributed by atoms with E-state index in [-0.39, 0.29) is 6.09 Å². The minimum Gasteiger partial charge on any atom is -0.440 e. The van der Waals surface area contributed by atoms with E-state index in [1.165, 1.54) is 0 Å². The maximum atomic E-state index is 11.7. The summed E-state index contributed by atoms with van der Waals surface area (Å²) >= 11 is 0. The van der Waals surface area contributed by atoms with E-state index >= 15 is 0 Å². The smallest absolute Gasteiger partial charge is 0.415 e. The van der Waals surface area contributed by atoms with Gasteiger partial charge in [0.1, 0.15) is 5.60 Å². The lowest BCUT2D eigenvalue weighted by molar-refractivity contribution is 0.0789. The van der Waals surface area contributed by atoms with E-state index in [1.807, 2.05) is 38.1 Å². The summed E-state index contributed by atoms with van der Waals surface area (Å²) in [6.07, 6.45) is -0.317. The minimum absolute atomic E-state index is 0.317. The zero-order chi connectivity index (χ0) is 11.8. The van der Waals surface area contributed by atoms with Crippen LogP contribution in [-0.4, -0.2) is 24.8 Å². The number of para-hydroxylation sites is 1. The number of amides is 1. The first-order chi connectivity index (χ1) is 7.56. The second kappa shape index (κ2) is 3.79. The Kier molecular flexibility index (Phi) is 2.59. The number of hydrogen-bond acceptors (Lipinski definition) is 3. The topological polar surface area (TPSA) is 55.6 Å². The summed E-state index contributed by atoms with van der Waals surface area (Å²) < 4.78 is 5.28. The lowest BCUT2D eigenvalue weighted by Gasteiger charge is -2.19. The molecule has 1 amide bonds. The van der Waals surface area contributed by atoms with Gasteiger partial charge in [0.15, 0.2) is 0 Å². The molecule has 1 aliphatic rings. The van der Waals surface area contributed by atoms with Crippen molar-refractivity contribution in [1.82, 2.24) is 0 Å². The Morgan fingerprint density at radius 3 is 2.75 bits per heavy atom. The maximum absolute atomic E-state index is 11.7. The molecule has 86 valence electrons. The van der Waals surface area contributed by atoms with Crippen LogP contribution >= 0.6 is 0 Å². The van der Waals surface area contributed by atoms with Gasteiger partial charge in [0.2, 0.25) is 0 Å². The Hall–Kier alpha value is -1.55. The summed E-state index contributed by atoms with van der Waals surface area (Å²) in [6, 6.07) is 7.75. The van der Waals surface area contributed by atoms with E-state index in [0.717, 1.165) is 11.3 Å². The number of nitrogens with zero attached hydrogens (tertiary/aromatic N) is 1. The van der Waals surface area contributed by atoms with Crippen LogP contribution in [-0.2, 0) is 4.74 Å². The predicted molar refractivity (Wildman–Crippen MR) is 62.5 cm³/mol. The zero-order valence-electron chi connectivity index (χ0n) is 9.56. The molecular formula is C12H16N2O2. The number of hydrogen-bond donors (Lipinski definition) is 1. The number of nitrogens with two attached hydrogens (primary N) is 1. The van der Waals surface area contributed by atoms with Gasteiger partial charge in [-0.05, 0) is 25.5 Å². The van der Waals surface area contributed by atoms with Crippen molar-refractivity contribution in [2.24, 2.45) is 5.73 Å². The number of aryl methyl sites for hydroxylation is 1. The van der Waals surface area contributed by atoms with Gasteiger partial charge < -0.3 is 10.5 Å². The van der Waals surface area contributed by atoms with E-state index in [1.54, 1.807) is 4.90 Å². The van der Waals surface area contributed by atoms with Crippen LogP contribution in [0.3, 0.4) is 0 Å². The van der Waals surface area contributed by atoms with Crippen LogP contribution < -0.4 is 10.6 Å². The molecule has 0 bridgehead atoms. The molecule has 1 saturated heterocycles. The van der Waals surface area contributed by atoms with E-state index < -0.39 is 5.60 Å². The Balaban J connectivity index is 2.31. The molecule has 1 fully saturated rings. The molecule has 1 heterocycles. The van der Waals surface area contributed by atoms with Gasteiger partial charge in [-0.25, -0.2) is 4.79 Å². The lowest BCUT2D eigenvalue weighted by Crippen LogP contribution is -2.38. The van der Waals surface area contributed by atoms with E-state index in [0.29, 0.717) is 13.1 Å². The minimum atomic E-state index is -0.570. The van der Waals surface area contributed by atoms with Gasteiger partial charge in [0.25, 0.3) is 0 Å². The monoisotopic (exact) mass is 220 g/mol. The van der Waals surface area contributed by atoms with Crippen LogP contribution in [0, 0.1) is 6.92 Å². The first-order valence-electron chi connectivity index (χ1n) is 5.32. The molecule has 2 N–H and O–H groups in total.